The lowest BCUT2D eigenvalue weighted by atomic mass is 10.00. The Labute approximate surface area is 160 Å². The minimum Gasteiger partial charge on any atom is -0.338 e. The molecule has 4 rings (SSSR count). The average Bonchev–Trinajstić information content (AvgIpc) is 3.15. The standard InChI is InChI=1S/C19H17N5O2S/c25-16(24-9-6-13-4-1-2-5-14(13)11-24)10-15-12-27-19(22-15)23-18(26)17-20-7-3-8-21-17/h1-5,7-8,12H,6,9-11H2,(H,22,23,26). The van der Waals surface area contributed by atoms with Gasteiger partial charge in [0.25, 0.3) is 5.91 Å². The van der Waals surface area contributed by atoms with E-state index in [0.29, 0.717) is 17.4 Å². The topological polar surface area (TPSA) is 88.1 Å². The van der Waals surface area contributed by atoms with Crippen LogP contribution < -0.4 is 5.32 Å². The van der Waals surface area contributed by atoms with E-state index in [9.17, 15) is 9.59 Å². The lowest BCUT2D eigenvalue weighted by Gasteiger charge is -2.28. The summed E-state index contributed by atoms with van der Waals surface area (Å²) < 4.78 is 0. The maximum absolute atomic E-state index is 12.6. The Kier molecular flexibility index (Phi) is 4.88. The fraction of sp³-hybridized carbons (Fsp3) is 0.211. The Morgan fingerprint density at radius 2 is 1.89 bits per heavy atom. The first kappa shape index (κ1) is 17.3. The van der Waals surface area contributed by atoms with Crippen molar-refractivity contribution in [2.45, 2.75) is 19.4 Å². The van der Waals surface area contributed by atoms with Crippen LogP contribution >= 0.6 is 11.3 Å². The monoisotopic (exact) mass is 379 g/mol. The van der Waals surface area contributed by atoms with Gasteiger partial charge in [-0.05, 0) is 23.6 Å². The number of nitrogens with zero attached hydrogens (tertiary/aromatic N) is 4. The number of nitrogens with one attached hydrogen (secondary N) is 1. The van der Waals surface area contributed by atoms with Gasteiger partial charge in [0, 0.05) is 30.9 Å². The van der Waals surface area contributed by atoms with Crippen LogP contribution in [0.25, 0.3) is 0 Å². The molecular formula is C19H17N5O2S. The number of fused-ring (bicyclic) bond motifs is 1. The van der Waals surface area contributed by atoms with Gasteiger partial charge in [-0.3, -0.25) is 14.9 Å². The van der Waals surface area contributed by atoms with Crippen LogP contribution in [0, 0.1) is 0 Å². The Morgan fingerprint density at radius 1 is 1.11 bits per heavy atom. The van der Waals surface area contributed by atoms with Crippen LogP contribution in [0.1, 0.15) is 27.4 Å². The lowest BCUT2D eigenvalue weighted by Crippen LogP contribution is -2.36. The van der Waals surface area contributed by atoms with Crippen molar-refractivity contribution in [1.29, 1.82) is 0 Å². The van der Waals surface area contributed by atoms with Crippen molar-refractivity contribution < 1.29 is 9.59 Å². The number of carbonyl (C=O) groups is 2. The third-order valence-corrected chi connectivity index (χ3v) is 5.16. The first-order valence-corrected chi connectivity index (χ1v) is 9.44. The molecule has 1 N–H and O–H groups in total. The number of aromatic nitrogens is 3. The molecule has 0 fully saturated rings. The number of anilines is 1. The quantitative estimate of drug-likeness (QED) is 0.752. The molecule has 1 aliphatic rings. The molecule has 1 aliphatic heterocycles. The maximum atomic E-state index is 12.6. The number of benzene rings is 1. The second-order valence-electron chi connectivity index (χ2n) is 6.18. The summed E-state index contributed by atoms with van der Waals surface area (Å²) in [5, 5.41) is 4.88. The molecule has 0 unspecified atom stereocenters. The minimum atomic E-state index is -0.421. The lowest BCUT2D eigenvalue weighted by molar-refractivity contribution is -0.131. The van der Waals surface area contributed by atoms with E-state index in [1.165, 1.54) is 34.9 Å². The zero-order valence-electron chi connectivity index (χ0n) is 14.5. The molecule has 7 nitrogen and oxygen atoms in total. The second-order valence-corrected chi connectivity index (χ2v) is 7.04. The molecule has 136 valence electrons. The summed E-state index contributed by atoms with van der Waals surface area (Å²) in [7, 11) is 0. The van der Waals surface area contributed by atoms with Crippen molar-refractivity contribution in [2.75, 3.05) is 11.9 Å². The van der Waals surface area contributed by atoms with E-state index in [1.807, 2.05) is 17.0 Å². The van der Waals surface area contributed by atoms with Gasteiger partial charge in [0.05, 0.1) is 12.1 Å². The number of carbonyl (C=O) groups excluding carboxylic acids is 2. The van der Waals surface area contributed by atoms with Gasteiger partial charge < -0.3 is 4.90 Å². The van der Waals surface area contributed by atoms with Gasteiger partial charge in [-0.15, -0.1) is 11.3 Å². The fourth-order valence-electron chi connectivity index (χ4n) is 2.99. The van der Waals surface area contributed by atoms with E-state index in [0.717, 1.165) is 13.0 Å². The number of hydrogen-bond donors (Lipinski definition) is 1. The van der Waals surface area contributed by atoms with Crippen molar-refractivity contribution in [3.05, 3.63) is 70.8 Å². The van der Waals surface area contributed by atoms with Crippen LogP contribution in [0.4, 0.5) is 5.13 Å². The highest BCUT2D eigenvalue weighted by Crippen LogP contribution is 2.21. The summed E-state index contributed by atoms with van der Waals surface area (Å²) in [6.45, 7) is 1.35. The smallest absolute Gasteiger partial charge is 0.295 e. The summed E-state index contributed by atoms with van der Waals surface area (Å²) in [4.78, 5) is 38.7. The summed E-state index contributed by atoms with van der Waals surface area (Å²) in [5.41, 5.74) is 3.16. The Morgan fingerprint density at radius 3 is 2.70 bits per heavy atom. The van der Waals surface area contributed by atoms with Crippen molar-refractivity contribution >= 4 is 28.3 Å². The largest absolute Gasteiger partial charge is 0.338 e. The zero-order chi connectivity index (χ0) is 18.6. The van der Waals surface area contributed by atoms with Gasteiger partial charge in [-0.25, -0.2) is 15.0 Å². The second kappa shape index (κ2) is 7.63. The van der Waals surface area contributed by atoms with Crippen molar-refractivity contribution in [3.8, 4) is 0 Å². The predicted molar refractivity (Wildman–Crippen MR) is 101 cm³/mol. The Balaban J connectivity index is 1.37. The van der Waals surface area contributed by atoms with Gasteiger partial charge in [0.1, 0.15) is 0 Å². The number of hydrogen-bond acceptors (Lipinski definition) is 6. The number of thiazole rings is 1. The van der Waals surface area contributed by atoms with E-state index in [2.05, 4.69) is 32.4 Å². The van der Waals surface area contributed by atoms with Gasteiger partial charge >= 0.3 is 0 Å². The molecule has 27 heavy (non-hydrogen) atoms. The molecule has 2 aromatic heterocycles. The molecule has 1 aromatic carbocycles. The first-order valence-electron chi connectivity index (χ1n) is 8.56. The van der Waals surface area contributed by atoms with E-state index in [1.54, 1.807) is 11.4 Å². The third-order valence-electron chi connectivity index (χ3n) is 4.36. The van der Waals surface area contributed by atoms with Crippen LogP contribution in [-0.2, 0) is 24.2 Å². The van der Waals surface area contributed by atoms with Crippen LogP contribution in [0.2, 0.25) is 0 Å². The average molecular weight is 379 g/mol. The highest BCUT2D eigenvalue weighted by Gasteiger charge is 2.21. The highest BCUT2D eigenvalue weighted by molar-refractivity contribution is 7.14. The minimum absolute atomic E-state index is 0.0408. The summed E-state index contributed by atoms with van der Waals surface area (Å²) in [6, 6.07) is 9.85. The molecule has 3 heterocycles. The zero-order valence-corrected chi connectivity index (χ0v) is 15.3. The van der Waals surface area contributed by atoms with Crippen LogP contribution in [0.15, 0.2) is 48.1 Å². The molecule has 0 radical (unpaired) electrons. The molecular weight excluding hydrogens is 362 g/mol. The van der Waals surface area contributed by atoms with Gasteiger partial charge in [0.2, 0.25) is 11.7 Å². The fourth-order valence-corrected chi connectivity index (χ4v) is 3.70. The molecule has 0 atom stereocenters. The van der Waals surface area contributed by atoms with Gasteiger partial charge in [-0.1, -0.05) is 24.3 Å². The highest BCUT2D eigenvalue weighted by atomic mass is 32.1. The molecule has 3 aromatic rings. The van der Waals surface area contributed by atoms with E-state index >= 15 is 0 Å². The van der Waals surface area contributed by atoms with E-state index < -0.39 is 5.91 Å². The molecule has 0 saturated carbocycles. The molecule has 0 aliphatic carbocycles. The summed E-state index contributed by atoms with van der Waals surface area (Å²) >= 11 is 1.28. The first-order chi connectivity index (χ1) is 13.2. The van der Waals surface area contributed by atoms with Crippen LogP contribution in [0.3, 0.4) is 0 Å². The Bertz CT molecular complexity index is 973. The Hall–Kier alpha value is -3.13. The summed E-state index contributed by atoms with van der Waals surface area (Å²) in [6.07, 6.45) is 4.10. The molecule has 0 spiro atoms. The van der Waals surface area contributed by atoms with Crippen molar-refractivity contribution in [1.82, 2.24) is 19.9 Å². The number of rotatable bonds is 4. The van der Waals surface area contributed by atoms with E-state index in [4.69, 9.17) is 0 Å². The van der Waals surface area contributed by atoms with Crippen molar-refractivity contribution in [2.24, 2.45) is 0 Å². The molecule has 0 saturated heterocycles. The van der Waals surface area contributed by atoms with E-state index in [-0.39, 0.29) is 18.2 Å². The van der Waals surface area contributed by atoms with Crippen LogP contribution in [-0.4, -0.2) is 38.2 Å². The summed E-state index contributed by atoms with van der Waals surface area (Å²) in [5.74, 6) is -0.299. The maximum Gasteiger partial charge on any atom is 0.295 e. The van der Waals surface area contributed by atoms with Crippen LogP contribution in [0.5, 0.6) is 0 Å². The number of amides is 2. The third kappa shape index (κ3) is 4.01. The molecule has 2 amide bonds. The van der Waals surface area contributed by atoms with Crippen molar-refractivity contribution in [3.63, 3.8) is 0 Å². The molecule has 0 bridgehead atoms. The van der Waals surface area contributed by atoms with Gasteiger partial charge in [-0.2, -0.15) is 0 Å². The normalized spacial score (nSPS) is 13.1. The van der Waals surface area contributed by atoms with Gasteiger partial charge in [0.15, 0.2) is 5.13 Å². The predicted octanol–water partition coefficient (Wildman–Crippen LogP) is 2.31. The SMILES string of the molecule is O=C(Nc1nc(CC(=O)N2CCc3ccccc3C2)cs1)c1ncccn1. The molecule has 8 heteroatoms.